The quantitative estimate of drug-likeness (QED) is 0.932. The summed E-state index contributed by atoms with van der Waals surface area (Å²) in [6.45, 7) is 2.02. The van der Waals surface area contributed by atoms with Crippen molar-refractivity contribution in [2.45, 2.75) is 19.4 Å². The number of hydrogen-bond acceptors (Lipinski definition) is 4. The average Bonchev–Trinajstić information content (AvgIpc) is 2.83. The van der Waals surface area contributed by atoms with E-state index in [1.54, 1.807) is 4.90 Å². The zero-order valence-electron chi connectivity index (χ0n) is 11.0. The van der Waals surface area contributed by atoms with Crippen molar-refractivity contribution in [3.63, 3.8) is 0 Å². The molecule has 5 heteroatoms. The second-order valence-corrected chi connectivity index (χ2v) is 5.33. The highest BCUT2D eigenvalue weighted by Crippen LogP contribution is 2.19. The molecule has 1 amide bonds. The van der Waals surface area contributed by atoms with Gasteiger partial charge in [-0.05, 0) is 12.5 Å². The molecule has 0 bridgehead atoms. The Labute approximate surface area is 116 Å². The first-order chi connectivity index (χ1) is 9.08. The molecule has 1 unspecified atom stereocenters. The molecule has 1 aromatic heterocycles. The van der Waals surface area contributed by atoms with Gasteiger partial charge in [-0.15, -0.1) is 11.3 Å². The van der Waals surface area contributed by atoms with E-state index in [-0.39, 0.29) is 11.9 Å². The molecule has 0 aliphatic heterocycles. The molecule has 1 atom stereocenters. The van der Waals surface area contributed by atoms with E-state index in [9.17, 15) is 4.79 Å². The van der Waals surface area contributed by atoms with Crippen molar-refractivity contribution >= 4 is 22.4 Å². The van der Waals surface area contributed by atoms with Crippen LogP contribution in [0.2, 0.25) is 0 Å². The molecular formula is C14H17N3OS. The number of nitrogen functional groups attached to an aromatic ring is 1. The van der Waals surface area contributed by atoms with Crippen LogP contribution in [0.5, 0.6) is 0 Å². The van der Waals surface area contributed by atoms with Crippen LogP contribution in [0.1, 0.15) is 24.2 Å². The van der Waals surface area contributed by atoms with Crippen LogP contribution >= 0.6 is 11.3 Å². The molecular weight excluding hydrogens is 258 g/mol. The first kappa shape index (κ1) is 13.5. The second-order valence-electron chi connectivity index (χ2n) is 4.45. The summed E-state index contributed by atoms with van der Waals surface area (Å²) in [5.41, 5.74) is 7.42. The van der Waals surface area contributed by atoms with Crippen LogP contribution < -0.4 is 5.73 Å². The third kappa shape index (κ3) is 3.32. The molecule has 1 heterocycles. The third-order valence-electron chi connectivity index (χ3n) is 3.16. The van der Waals surface area contributed by atoms with Crippen molar-refractivity contribution < 1.29 is 4.79 Å². The lowest BCUT2D eigenvalue weighted by atomic mass is 10.1. The molecule has 0 saturated heterocycles. The lowest BCUT2D eigenvalue weighted by molar-refractivity contribution is -0.131. The Hall–Kier alpha value is -1.88. The normalized spacial score (nSPS) is 12.1. The van der Waals surface area contributed by atoms with Crippen LogP contribution in [0, 0.1) is 0 Å². The van der Waals surface area contributed by atoms with Crippen LogP contribution in [0.15, 0.2) is 35.7 Å². The van der Waals surface area contributed by atoms with Gasteiger partial charge in [-0.1, -0.05) is 30.3 Å². The summed E-state index contributed by atoms with van der Waals surface area (Å²) in [7, 11) is 1.82. The van der Waals surface area contributed by atoms with E-state index in [0.29, 0.717) is 11.6 Å². The molecule has 19 heavy (non-hydrogen) atoms. The molecule has 4 nitrogen and oxygen atoms in total. The molecule has 0 spiro atoms. The maximum absolute atomic E-state index is 12.2. The standard InChI is InChI=1S/C14H17N3OS/c1-10(11-6-4-3-5-7-11)17(2)13(18)8-12-9-19-14(15)16-12/h3-7,9-10H,8H2,1-2H3,(H2,15,16). The second kappa shape index (κ2) is 5.84. The summed E-state index contributed by atoms with van der Waals surface area (Å²) in [6, 6.07) is 10.0. The Morgan fingerprint density at radius 3 is 2.68 bits per heavy atom. The molecule has 2 aromatic rings. The van der Waals surface area contributed by atoms with E-state index in [2.05, 4.69) is 4.98 Å². The number of carbonyl (C=O) groups is 1. The van der Waals surface area contributed by atoms with Crippen molar-refractivity contribution in [1.82, 2.24) is 9.88 Å². The van der Waals surface area contributed by atoms with E-state index >= 15 is 0 Å². The summed E-state index contributed by atoms with van der Waals surface area (Å²) in [6.07, 6.45) is 0.293. The SMILES string of the molecule is CC(c1ccccc1)N(C)C(=O)Cc1csc(N)n1. The molecule has 1 aromatic carbocycles. The predicted octanol–water partition coefficient (Wildman–Crippen LogP) is 2.49. The molecule has 2 rings (SSSR count). The first-order valence-corrected chi connectivity index (χ1v) is 6.96. The number of thiazole rings is 1. The minimum absolute atomic E-state index is 0.0432. The summed E-state index contributed by atoms with van der Waals surface area (Å²) in [5, 5.41) is 2.33. The Kier molecular flexibility index (Phi) is 4.16. The smallest absolute Gasteiger partial charge is 0.228 e. The van der Waals surface area contributed by atoms with E-state index < -0.39 is 0 Å². The highest BCUT2D eigenvalue weighted by atomic mass is 32.1. The molecule has 0 saturated carbocycles. The fourth-order valence-electron chi connectivity index (χ4n) is 1.85. The minimum atomic E-state index is 0.0432. The van der Waals surface area contributed by atoms with Crippen LogP contribution in [0.3, 0.4) is 0 Å². The number of rotatable bonds is 4. The van der Waals surface area contributed by atoms with Gasteiger partial charge in [-0.3, -0.25) is 4.79 Å². The van der Waals surface area contributed by atoms with Crippen molar-refractivity contribution in [1.29, 1.82) is 0 Å². The highest BCUT2D eigenvalue weighted by Gasteiger charge is 2.18. The number of hydrogen-bond donors (Lipinski definition) is 1. The molecule has 0 fully saturated rings. The Bertz CT molecular complexity index is 553. The van der Waals surface area contributed by atoms with Crippen molar-refractivity contribution in [3.8, 4) is 0 Å². The van der Waals surface area contributed by atoms with Crippen molar-refractivity contribution in [2.75, 3.05) is 12.8 Å². The zero-order chi connectivity index (χ0) is 13.8. The van der Waals surface area contributed by atoms with Crippen LogP contribution in [0.25, 0.3) is 0 Å². The van der Waals surface area contributed by atoms with Gasteiger partial charge in [-0.2, -0.15) is 0 Å². The van der Waals surface area contributed by atoms with Gasteiger partial charge in [0.1, 0.15) is 0 Å². The van der Waals surface area contributed by atoms with Gasteiger partial charge in [0.05, 0.1) is 18.2 Å². The number of nitrogens with zero attached hydrogens (tertiary/aromatic N) is 2. The maximum Gasteiger partial charge on any atom is 0.228 e. The fraction of sp³-hybridized carbons (Fsp3) is 0.286. The lowest BCUT2D eigenvalue weighted by Gasteiger charge is -2.25. The van der Waals surface area contributed by atoms with Gasteiger partial charge < -0.3 is 10.6 Å². The summed E-state index contributed by atoms with van der Waals surface area (Å²) < 4.78 is 0. The number of anilines is 1. The van der Waals surface area contributed by atoms with E-state index in [0.717, 1.165) is 11.3 Å². The Morgan fingerprint density at radius 1 is 1.42 bits per heavy atom. The van der Waals surface area contributed by atoms with Crippen LogP contribution in [-0.2, 0) is 11.2 Å². The fourth-order valence-corrected chi connectivity index (χ4v) is 2.42. The average molecular weight is 275 g/mol. The monoisotopic (exact) mass is 275 g/mol. The summed E-state index contributed by atoms with van der Waals surface area (Å²) in [5.74, 6) is 0.0432. The van der Waals surface area contributed by atoms with Crippen LogP contribution in [-0.4, -0.2) is 22.8 Å². The number of benzene rings is 1. The Balaban J connectivity index is 2.03. The third-order valence-corrected chi connectivity index (χ3v) is 3.88. The van der Waals surface area contributed by atoms with Gasteiger partial charge in [0.2, 0.25) is 5.91 Å². The summed E-state index contributed by atoms with van der Waals surface area (Å²) in [4.78, 5) is 18.0. The van der Waals surface area contributed by atoms with E-state index in [1.165, 1.54) is 11.3 Å². The highest BCUT2D eigenvalue weighted by molar-refractivity contribution is 7.13. The number of aromatic nitrogens is 1. The summed E-state index contributed by atoms with van der Waals surface area (Å²) >= 11 is 1.36. The van der Waals surface area contributed by atoms with Gasteiger partial charge in [-0.25, -0.2) is 4.98 Å². The van der Waals surface area contributed by atoms with E-state index in [1.807, 2.05) is 49.7 Å². The molecule has 100 valence electrons. The van der Waals surface area contributed by atoms with Gasteiger partial charge in [0.25, 0.3) is 0 Å². The zero-order valence-corrected chi connectivity index (χ0v) is 11.9. The Morgan fingerprint density at radius 2 is 2.11 bits per heavy atom. The van der Waals surface area contributed by atoms with Gasteiger partial charge >= 0.3 is 0 Å². The first-order valence-electron chi connectivity index (χ1n) is 6.08. The van der Waals surface area contributed by atoms with Gasteiger partial charge in [0.15, 0.2) is 5.13 Å². The van der Waals surface area contributed by atoms with Gasteiger partial charge in [0, 0.05) is 12.4 Å². The number of likely N-dealkylation sites (N-methyl/N-ethyl adjacent to an activating group) is 1. The maximum atomic E-state index is 12.2. The minimum Gasteiger partial charge on any atom is -0.375 e. The number of nitrogens with two attached hydrogens (primary N) is 1. The predicted molar refractivity (Wildman–Crippen MR) is 77.9 cm³/mol. The number of amides is 1. The largest absolute Gasteiger partial charge is 0.375 e. The van der Waals surface area contributed by atoms with E-state index in [4.69, 9.17) is 5.73 Å². The molecule has 0 aliphatic rings. The number of carbonyl (C=O) groups excluding carboxylic acids is 1. The van der Waals surface area contributed by atoms with Crippen molar-refractivity contribution in [2.24, 2.45) is 0 Å². The molecule has 0 radical (unpaired) electrons. The topological polar surface area (TPSA) is 59.2 Å². The van der Waals surface area contributed by atoms with Crippen LogP contribution in [0.4, 0.5) is 5.13 Å². The van der Waals surface area contributed by atoms with Crippen molar-refractivity contribution in [3.05, 3.63) is 47.0 Å². The lowest BCUT2D eigenvalue weighted by Crippen LogP contribution is -2.31. The molecule has 2 N–H and O–H groups in total. The molecule has 0 aliphatic carbocycles.